The molecular formula is C18H24F2N4O. The molecule has 0 bridgehead atoms. The normalized spacial score (nSPS) is 11.5. The predicted molar refractivity (Wildman–Crippen MR) is 94.7 cm³/mol. The molecule has 0 atom stereocenters. The third-order valence-electron chi connectivity index (χ3n) is 3.66. The van der Waals surface area contributed by atoms with Gasteiger partial charge in [-0.25, -0.2) is 13.8 Å². The minimum Gasteiger partial charge on any atom is -0.492 e. The Hall–Kier alpha value is -2.57. The highest BCUT2D eigenvalue weighted by atomic mass is 19.2. The molecule has 5 nitrogen and oxygen atoms in total. The van der Waals surface area contributed by atoms with E-state index in [1.165, 1.54) is 11.8 Å². The van der Waals surface area contributed by atoms with E-state index in [4.69, 9.17) is 4.74 Å². The van der Waals surface area contributed by atoms with Gasteiger partial charge in [0.25, 0.3) is 0 Å². The molecule has 0 spiro atoms. The summed E-state index contributed by atoms with van der Waals surface area (Å²) in [5, 5.41) is 3.23. The summed E-state index contributed by atoms with van der Waals surface area (Å²) in [6.07, 6.45) is 2.00. The molecule has 0 aliphatic heterocycles. The molecule has 2 rings (SSSR count). The van der Waals surface area contributed by atoms with Crippen LogP contribution in [0.5, 0.6) is 5.75 Å². The second-order valence-electron chi connectivity index (χ2n) is 5.63. The molecule has 7 heteroatoms. The first kappa shape index (κ1) is 18.8. The second kappa shape index (κ2) is 9.05. The largest absolute Gasteiger partial charge is 0.492 e. The molecule has 136 valence electrons. The zero-order valence-electron chi connectivity index (χ0n) is 14.8. The van der Waals surface area contributed by atoms with Gasteiger partial charge in [0.05, 0.1) is 13.1 Å². The van der Waals surface area contributed by atoms with E-state index in [2.05, 4.69) is 20.9 Å². The zero-order valence-corrected chi connectivity index (χ0v) is 14.8. The Balaban J connectivity index is 1.90. The van der Waals surface area contributed by atoms with Gasteiger partial charge in [-0.15, -0.1) is 0 Å². The minimum atomic E-state index is -0.920. The van der Waals surface area contributed by atoms with E-state index in [9.17, 15) is 8.78 Å². The topological polar surface area (TPSA) is 41.8 Å². The van der Waals surface area contributed by atoms with Gasteiger partial charge >= 0.3 is 0 Å². The summed E-state index contributed by atoms with van der Waals surface area (Å²) in [7, 11) is 3.97. The fraction of sp³-hybridized carbons (Fsp3) is 0.389. The third-order valence-corrected chi connectivity index (χ3v) is 3.66. The molecule has 1 N–H and O–H groups in total. The second-order valence-corrected chi connectivity index (χ2v) is 5.63. The van der Waals surface area contributed by atoms with Crippen molar-refractivity contribution >= 4 is 5.96 Å². The first-order chi connectivity index (χ1) is 12.0. The van der Waals surface area contributed by atoms with Crippen molar-refractivity contribution in [1.29, 1.82) is 0 Å². The number of hydrogen-bond acceptors (Lipinski definition) is 2. The van der Waals surface area contributed by atoms with Crippen molar-refractivity contribution < 1.29 is 13.5 Å². The quantitative estimate of drug-likeness (QED) is 0.474. The van der Waals surface area contributed by atoms with Gasteiger partial charge in [0, 0.05) is 38.6 Å². The molecule has 0 fully saturated rings. The maximum atomic E-state index is 13.1. The SMILES string of the molecule is CCNC(=NCCOc1ccc(F)c(F)c1)N(C)Cc1cccn1C. The first-order valence-corrected chi connectivity index (χ1v) is 8.18. The lowest BCUT2D eigenvalue weighted by atomic mass is 10.3. The Morgan fingerprint density at radius 2 is 2.08 bits per heavy atom. The summed E-state index contributed by atoms with van der Waals surface area (Å²) < 4.78 is 33.5. The molecule has 0 radical (unpaired) electrons. The van der Waals surface area contributed by atoms with E-state index in [1.54, 1.807) is 0 Å². The number of nitrogens with zero attached hydrogens (tertiary/aromatic N) is 3. The van der Waals surface area contributed by atoms with Gasteiger partial charge in [0.15, 0.2) is 17.6 Å². The number of aryl methyl sites for hydroxylation is 1. The number of guanidine groups is 1. The molecule has 1 aromatic carbocycles. The minimum absolute atomic E-state index is 0.276. The van der Waals surface area contributed by atoms with Crippen LogP contribution in [0.3, 0.4) is 0 Å². The summed E-state index contributed by atoms with van der Waals surface area (Å²) >= 11 is 0. The average molecular weight is 350 g/mol. The molecule has 2 aromatic rings. The van der Waals surface area contributed by atoms with Gasteiger partial charge in [-0.1, -0.05) is 0 Å². The Bertz CT molecular complexity index is 715. The van der Waals surface area contributed by atoms with Crippen molar-refractivity contribution in [2.45, 2.75) is 13.5 Å². The molecular weight excluding hydrogens is 326 g/mol. The van der Waals surface area contributed by atoms with Crippen LogP contribution in [0, 0.1) is 11.6 Å². The van der Waals surface area contributed by atoms with Gasteiger partial charge < -0.3 is 19.5 Å². The maximum Gasteiger partial charge on any atom is 0.194 e. The fourth-order valence-electron chi connectivity index (χ4n) is 2.33. The van der Waals surface area contributed by atoms with Crippen LogP contribution in [0.1, 0.15) is 12.6 Å². The van der Waals surface area contributed by atoms with Gasteiger partial charge in [-0.3, -0.25) is 0 Å². The fourth-order valence-corrected chi connectivity index (χ4v) is 2.33. The van der Waals surface area contributed by atoms with Crippen LogP contribution in [0.25, 0.3) is 0 Å². The molecule has 0 unspecified atom stereocenters. The number of aromatic nitrogens is 1. The van der Waals surface area contributed by atoms with Crippen molar-refractivity contribution in [3.63, 3.8) is 0 Å². The van der Waals surface area contributed by atoms with Gasteiger partial charge in [0.2, 0.25) is 0 Å². The Morgan fingerprint density at radius 3 is 2.72 bits per heavy atom. The molecule has 0 saturated carbocycles. The smallest absolute Gasteiger partial charge is 0.194 e. The zero-order chi connectivity index (χ0) is 18.2. The molecule has 0 amide bonds. The van der Waals surface area contributed by atoms with Crippen molar-refractivity contribution in [3.05, 3.63) is 53.9 Å². The molecule has 1 aromatic heterocycles. The maximum absolute atomic E-state index is 13.1. The van der Waals surface area contributed by atoms with Crippen LogP contribution in [-0.2, 0) is 13.6 Å². The molecule has 0 aliphatic rings. The Morgan fingerprint density at radius 1 is 1.28 bits per heavy atom. The van der Waals surface area contributed by atoms with Crippen LogP contribution in [0.4, 0.5) is 8.78 Å². The van der Waals surface area contributed by atoms with E-state index in [1.807, 2.05) is 38.2 Å². The van der Waals surface area contributed by atoms with Gasteiger partial charge in [0.1, 0.15) is 12.4 Å². The summed E-state index contributed by atoms with van der Waals surface area (Å²) in [6, 6.07) is 7.54. The highest BCUT2D eigenvalue weighted by molar-refractivity contribution is 5.79. The van der Waals surface area contributed by atoms with Crippen molar-refractivity contribution in [3.8, 4) is 5.75 Å². The van der Waals surface area contributed by atoms with E-state index in [0.717, 1.165) is 31.2 Å². The number of halogens is 2. The summed E-state index contributed by atoms with van der Waals surface area (Å²) in [4.78, 5) is 6.53. The van der Waals surface area contributed by atoms with Crippen LogP contribution in [0.2, 0.25) is 0 Å². The average Bonchev–Trinajstić information content (AvgIpc) is 2.98. The monoisotopic (exact) mass is 350 g/mol. The summed E-state index contributed by atoms with van der Waals surface area (Å²) in [6.45, 7) is 4.15. The van der Waals surface area contributed by atoms with Crippen molar-refractivity contribution in [2.75, 3.05) is 26.7 Å². The van der Waals surface area contributed by atoms with Crippen LogP contribution < -0.4 is 10.1 Å². The number of aliphatic imine (C=N–C) groups is 1. The van der Waals surface area contributed by atoms with E-state index in [-0.39, 0.29) is 12.4 Å². The number of rotatable bonds is 7. The van der Waals surface area contributed by atoms with Crippen molar-refractivity contribution in [2.24, 2.45) is 12.0 Å². The third kappa shape index (κ3) is 5.48. The summed E-state index contributed by atoms with van der Waals surface area (Å²) in [5.41, 5.74) is 1.17. The van der Waals surface area contributed by atoms with Crippen LogP contribution >= 0.6 is 0 Å². The molecule has 1 heterocycles. The number of ether oxygens (including phenoxy) is 1. The highest BCUT2D eigenvalue weighted by Gasteiger charge is 2.08. The van der Waals surface area contributed by atoms with Crippen LogP contribution in [0.15, 0.2) is 41.5 Å². The number of nitrogens with one attached hydrogen (secondary N) is 1. The summed E-state index contributed by atoms with van der Waals surface area (Å²) in [5.74, 6) is -0.757. The van der Waals surface area contributed by atoms with E-state index < -0.39 is 11.6 Å². The molecule has 0 aliphatic carbocycles. The highest BCUT2D eigenvalue weighted by Crippen LogP contribution is 2.15. The van der Waals surface area contributed by atoms with E-state index >= 15 is 0 Å². The van der Waals surface area contributed by atoms with Crippen LogP contribution in [-0.4, -0.2) is 42.2 Å². The lowest BCUT2D eigenvalue weighted by molar-refractivity contribution is 0.324. The Kier molecular flexibility index (Phi) is 6.80. The van der Waals surface area contributed by atoms with Gasteiger partial charge in [-0.2, -0.15) is 0 Å². The first-order valence-electron chi connectivity index (χ1n) is 8.18. The molecule has 25 heavy (non-hydrogen) atoms. The number of benzene rings is 1. The van der Waals surface area contributed by atoms with E-state index in [0.29, 0.717) is 6.54 Å². The number of hydrogen-bond donors (Lipinski definition) is 1. The van der Waals surface area contributed by atoms with Gasteiger partial charge in [-0.05, 0) is 31.2 Å². The lowest BCUT2D eigenvalue weighted by Gasteiger charge is -2.22. The molecule has 0 saturated heterocycles. The Labute approximate surface area is 146 Å². The van der Waals surface area contributed by atoms with Crippen molar-refractivity contribution in [1.82, 2.24) is 14.8 Å². The lowest BCUT2D eigenvalue weighted by Crippen LogP contribution is -2.39. The predicted octanol–water partition coefficient (Wildman–Crippen LogP) is 2.78. The standard InChI is InChI=1S/C18H24F2N4O/c1-4-21-18(24(3)13-14-6-5-10-23(14)2)22-9-11-25-15-7-8-16(19)17(20)12-15/h5-8,10,12H,4,9,11,13H2,1-3H3,(H,21,22).